The Kier molecular flexibility index (Phi) is 3.43. The van der Waals surface area contributed by atoms with Crippen LogP contribution in [-0.4, -0.2) is 61.8 Å². The SMILES string of the molecule is OC[C@H]1O[C@]2(COCc3c(-c4ccccc4)nnn32)[C@H](O)[C@@H]1O. The average molecular weight is 319 g/mol. The van der Waals surface area contributed by atoms with Gasteiger partial charge in [0.15, 0.2) is 0 Å². The fraction of sp³-hybridized carbons (Fsp3) is 0.467. The summed E-state index contributed by atoms with van der Waals surface area (Å²) in [6, 6.07) is 9.51. The fourth-order valence-electron chi connectivity index (χ4n) is 3.22. The maximum Gasteiger partial charge on any atom is 0.215 e. The first-order valence-electron chi connectivity index (χ1n) is 7.40. The molecule has 122 valence electrons. The van der Waals surface area contributed by atoms with E-state index in [1.165, 1.54) is 4.68 Å². The molecule has 1 aromatic heterocycles. The van der Waals surface area contributed by atoms with Crippen molar-refractivity contribution in [2.24, 2.45) is 0 Å². The lowest BCUT2D eigenvalue weighted by atomic mass is 10.0. The van der Waals surface area contributed by atoms with Gasteiger partial charge >= 0.3 is 0 Å². The topological polar surface area (TPSA) is 110 Å². The normalized spacial score (nSPS) is 33.1. The van der Waals surface area contributed by atoms with Gasteiger partial charge in [-0.3, -0.25) is 0 Å². The largest absolute Gasteiger partial charge is 0.394 e. The number of hydrogen-bond acceptors (Lipinski definition) is 7. The molecule has 3 N–H and O–H groups in total. The van der Waals surface area contributed by atoms with E-state index in [0.717, 1.165) is 5.56 Å². The van der Waals surface area contributed by atoms with E-state index in [9.17, 15) is 15.3 Å². The highest BCUT2D eigenvalue weighted by Gasteiger charge is 2.58. The summed E-state index contributed by atoms with van der Waals surface area (Å²) in [7, 11) is 0. The Labute approximate surface area is 131 Å². The van der Waals surface area contributed by atoms with Crippen LogP contribution in [0.25, 0.3) is 11.3 Å². The molecule has 4 rings (SSSR count). The molecule has 2 aromatic rings. The summed E-state index contributed by atoms with van der Waals surface area (Å²) in [5.74, 6) is 0. The van der Waals surface area contributed by atoms with E-state index in [2.05, 4.69) is 10.3 Å². The van der Waals surface area contributed by atoms with Crippen LogP contribution in [0.4, 0.5) is 0 Å². The minimum atomic E-state index is -1.37. The van der Waals surface area contributed by atoms with Gasteiger partial charge in [0.25, 0.3) is 0 Å². The van der Waals surface area contributed by atoms with Crippen molar-refractivity contribution in [1.82, 2.24) is 15.0 Å². The molecule has 1 saturated heterocycles. The second-order valence-corrected chi connectivity index (χ2v) is 5.77. The molecule has 3 heterocycles. The molecule has 0 radical (unpaired) electrons. The molecule has 1 aromatic carbocycles. The first-order valence-corrected chi connectivity index (χ1v) is 7.40. The van der Waals surface area contributed by atoms with E-state index in [1.54, 1.807) is 0 Å². The maximum atomic E-state index is 10.4. The highest BCUT2D eigenvalue weighted by molar-refractivity contribution is 5.61. The van der Waals surface area contributed by atoms with Crippen LogP contribution in [0, 0.1) is 0 Å². The van der Waals surface area contributed by atoms with Crippen molar-refractivity contribution in [3.8, 4) is 11.3 Å². The first kappa shape index (κ1) is 14.7. The Morgan fingerprint density at radius 1 is 1.26 bits per heavy atom. The van der Waals surface area contributed by atoms with E-state index in [0.29, 0.717) is 11.4 Å². The Bertz CT molecular complexity index is 706. The third kappa shape index (κ3) is 2.03. The third-order valence-electron chi connectivity index (χ3n) is 4.42. The van der Waals surface area contributed by atoms with Crippen LogP contribution in [0.15, 0.2) is 30.3 Å². The van der Waals surface area contributed by atoms with Gasteiger partial charge in [0, 0.05) is 5.56 Å². The van der Waals surface area contributed by atoms with E-state index < -0.39 is 30.6 Å². The van der Waals surface area contributed by atoms with Crippen LogP contribution in [0.5, 0.6) is 0 Å². The summed E-state index contributed by atoms with van der Waals surface area (Å²) in [6.45, 7) is -0.114. The smallest absolute Gasteiger partial charge is 0.215 e. The number of rotatable bonds is 2. The van der Waals surface area contributed by atoms with Gasteiger partial charge in [0.1, 0.15) is 24.0 Å². The number of aliphatic hydroxyl groups is 3. The van der Waals surface area contributed by atoms with Gasteiger partial charge in [0.05, 0.1) is 25.5 Å². The molecule has 8 heteroatoms. The van der Waals surface area contributed by atoms with Crippen LogP contribution in [-0.2, 0) is 21.8 Å². The van der Waals surface area contributed by atoms with Gasteiger partial charge in [-0.05, 0) is 0 Å². The van der Waals surface area contributed by atoms with Crippen LogP contribution >= 0.6 is 0 Å². The zero-order valence-corrected chi connectivity index (χ0v) is 12.2. The molecule has 0 amide bonds. The summed E-state index contributed by atoms with van der Waals surface area (Å²) in [5, 5.41) is 38.2. The van der Waals surface area contributed by atoms with Crippen LogP contribution in [0.3, 0.4) is 0 Å². The minimum absolute atomic E-state index is 0.0202. The molecule has 2 aliphatic rings. The Hall–Kier alpha value is -1.84. The van der Waals surface area contributed by atoms with Crippen molar-refractivity contribution in [2.45, 2.75) is 30.6 Å². The monoisotopic (exact) mass is 319 g/mol. The van der Waals surface area contributed by atoms with Gasteiger partial charge in [-0.1, -0.05) is 35.5 Å². The van der Waals surface area contributed by atoms with Crippen molar-refractivity contribution in [2.75, 3.05) is 13.2 Å². The summed E-state index contributed by atoms with van der Waals surface area (Å²) >= 11 is 0. The molecule has 0 bridgehead atoms. The molecule has 0 saturated carbocycles. The van der Waals surface area contributed by atoms with Crippen molar-refractivity contribution in [3.05, 3.63) is 36.0 Å². The van der Waals surface area contributed by atoms with Gasteiger partial charge < -0.3 is 24.8 Å². The standard InChI is InChI=1S/C15H17N3O5/c19-6-11-13(20)14(21)15(23-11)8-22-7-10-12(16-17-18(10)15)9-4-2-1-3-5-9/h1-5,11,13-14,19-21H,6-8H2/t11-,13-,14-,15-/m1/s1. The zero-order chi connectivity index (χ0) is 16.0. The molecule has 0 aliphatic carbocycles. The Morgan fingerprint density at radius 2 is 2.04 bits per heavy atom. The van der Waals surface area contributed by atoms with Crippen LogP contribution < -0.4 is 0 Å². The molecule has 2 aliphatic heterocycles. The van der Waals surface area contributed by atoms with Crippen LogP contribution in [0.1, 0.15) is 5.69 Å². The molecule has 1 fully saturated rings. The number of ether oxygens (including phenoxy) is 2. The summed E-state index contributed by atoms with van der Waals surface area (Å²) in [5.41, 5.74) is 0.802. The Balaban J connectivity index is 1.81. The van der Waals surface area contributed by atoms with Crippen molar-refractivity contribution >= 4 is 0 Å². The summed E-state index contributed by atoms with van der Waals surface area (Å²) in [6.07, 6.45) is -3.40. The molecular weight excluding hydrogens is 302 g/mol. The Morgan fingerprint density at radius 3 is 2.74 bits per heavy atom. The molecule has 4 atom stereocenters. The van der Waals surface area contributed by atoms with E-state index in [1.807, 2.05) is 30.3 Å². The van der Waals surface area contributed by atoms with Gasteiger partial charge in [-0.25, -0.2) is 4.68 Å². The highest BCUT2D eigenvalue weighted by Crippen LogP contribution is 2.40. The lowest BCUT2D eigenvalue weighted by Crippen LogP contribution is -2.52. The number of benzene rings is 1. The van der Waals surface area contributed by atoms with Gasteiger partial charge in [0.2, 0.25) is 5.72 Å². The van der Waals surface area contributed by atoms with Gasteiger partial charge in [-0.15, -0.1) is 5.10 Å². The van der Waals surface area contributed by atoms with Crippen molar-refractivity contribution in [3.63, 3.8) is 0 Å². The van der Waals surface area contributed by atoms with Crippen LogP contribution in [0.2, 0.25) is 0 Å². The third-order valence-corrected chi connectivity index (χ3v) is 4.42. The molecule has 8 nitrogen and oxygen atoms in total. The number of hydrogen-bond donors (Lipinski definition) is 3. The van der Waals surface area contributed by atoms with Gasteiger partial charge in [-0.2, -0.15) is 0 Å². The highest BCUT2D eigenvalue weighted by atomic mass is 16.6. The minimum Gasteiger partial charge on any atom is -0.394 e. The second-order valence-electron chi connectivity index (χ2n) is 5.77. The molecule has 0 unspecified atom stereocenters. The second kappa shape index (κ2) is 5.36. The van der Waals surface area contributed by atoms with E-state index in [-0.39, 0.29) is 13.2 Å². The number of nitrogens with zero attached hydrogens (tertiary/aromatic N) is 3. The van der Waals surface area contributed by atoms with Crippen molar-refractivity contribution in [1.29, 1.82) is 0 Å². The zero-order valence-electron chi connectivity index (χ0n) is 12.2. The fourth-order valence-corrected chi connectivity index (χ4v) is 3.22. The predicted octanol–water partition coefficient (Wildman–Crippen LogP) is -0.759. The maximum absolute atomic E-state index is 10.4. The summed E-state index contributed by atoms with van der Waals surface area (Å²) in [4.78, 5) is 0. The summed E-state index contributed by atoms with van der Waals surface area (Å²) < 4.78 is 12.8. The van der Waals surface area contributed by atoms with E-state index >= 15 is 0 Å². The predicted molar refractivity (Wildman–Crippen MR) is 77.1 cm³/mol. The van der Waals surface area contributed by atoms with Crippen molar-refractivity contribution < 1.29 is 24.8 Å². The lowest BCUT2D eigenvalue weighted by Gasteiger charge is -2.36. The average Bonchev–Trinajstić information content (AvgIpc) is 3.13. The number of aromatic nitrogens is 3. The molecule has 23 heavy (non-hydrogen) atoms. The quantitative estimate of drug-likeness (QED) is 0.667. The lowest BCUT2D eigenvalue weighted by molar-refractivity contribution is -0.208. The molecular formula is C15H17N3O5. The van der Waals surface area contributed by atoms with E-state index in [4.69, 9.17) is 9.47 Å². The molecule has 1 spiro atoms. The first-order chi connectivity index (χ1) is 11.2. The number of fused-ring (bicyclic) bond motifs is 2. The number of aliphatic hydroxyl groups excluding tert-OH is 3.